The number of Topliss-reactive ketones (excluding diaryl/α,β-unsaturated/α-hetero) is 1. The van der Waals surface area contributed by atoms with Crippen LogP contribution in [0, 0.1) is 23.2 Å². The van der Waals surface area contributed by atoms with Gasteiger partial charge < -0.3 is 4.74 Å². The van der Waals surface area contributed by atoms with Crippen LogP contribution < -0.4 is 0 Å². The van der Waals surface area contributed by atoms with Crippen LogP contribution in [0.25, 0.3) is 0 Å². The quantitative estimate of drug-likeness (QED) is 0.576. The molecule has 22 heavy (non-hydrogen) atoms. The molecule has 0 aromatic carbocycles. The van der Waals surface area contributed by atoms with Gasteiger partial charge in [-0.1, -0.05) is 47.1 Å². The highest BCUT2D eigenvalue weighted by Gasteiger charge is 2.36. The highest BCUT2D eigenvalue weighted by Crippen LogP contribution is 2.37. The molecule has 2 aliphatic rings. The van der Waals surface area contributed by atoms with Crippen molar-refractivity contribution in [3.05, 3.63) is 11.6 Å². The van der Waals surface area contributed by atoms with Gasteiger partial charge in [-0.2, -0.15) is 0 Å². The van der Waals surface area contributed by atoms with Crippen molar-refractivity contribution >= 4 is 11.8 Å². The second-order valence-corrected chi connectivity index (χ2v) is 8.24. The smallest absolute Gasteiger partial charge is 0.341 e. The summed E-state index contributed by atoms with van der Waals surface area (Å²) >= 11 is 0. The first-order chi connectivity index (χ1) is 10.2. The van der Waals surface area contributed by atoms with E-state index >= 15 is 0 Å². The Morgan fingerprint density at radius 3 is 2.64 bits per heavy atom. The first-order valence-corrected chi connectivity index (χ1v) is 8.66. The predicted molar refractivity (Wildman–Crippen MR) is 87.3 cm³/mol. The third-order valence-electron chi connectivity index (χ3n) is 5.27. The number of ether oxygens (including phenoxy) is 1. The number of allylic oxidation sites excluding steroid dienone is 1. The van der Waals surface area contributed by atoms with Crippen molar-refractivity contribution in [2.75, 3.05) is 0 Å². The highest BCUT2D eigenvalue weighted by molar-refractivity contribution is 6.17. The van der Waals surface area contributed by atoms with E-state index in [9.17, 15) is 9.59 Å². The SMILES string of the molecule is CC(C)[C@@H]1CC[C@@H](C)C[C@H]1OC(=O)C1=CC(C)(C)CCC1=O. The number of rotatable bonds is 3. The minimum absolute atomic E-state index is 0.0463. The van der Waals surface area contributed by atoms with Gasteiger partial charge in [0.1, 0.15) is 6.10 Å². The number of carbonyl (C=O) groups is 2. The number of hydrogen-bond acceptors (Lipinski definition) is 3. The minimum atomic E-state index is -0.400. The van der Waals surface area contributed by atoms with E-state index in [1.807, 2.05) is 6.08 Å². The summed E-state index contributed by atoms with van der Waals surface area (Å²) < 4.78 is 5.81. The molecule has 3 atom stereocenters. The number of hydrogen-bond donors (Lipinski definition) is 0. The van der Waals surface area contributed by atoms with Crippen LogP contribution in [0.15, 0.2) is 11.6 Å². The van der Waals surface area contributed by atoms with Gasteiger partial charge in [-0.3, -0.25) is 4.79 Å². The molecule has 0 aromatic heterocycles. The van der Waals surface area contributed by atoms with Gasteiger partial charge in [0.2, 0.25) is 0 Å². The molecule has 0 aromatic rings. The molecule has 0 saturated heterocycles. The lowest BCUT2D eigenvalue weighted by Gasteiger charge is -2.37. The zero-order valence-corrected chi connectivity index (χ0v) is 14.6. The standard InChI is InChI=1S/C19H30O3/c1-12(2)14-7-6-13(3)10-17(14)22-18(21)15-11-19(4,5)9-8-16(15)20/h11-14,17H,6-10H2,1-5H3/t13-,14+,17-/m1/s1. The Bertz CT molecular complexity index is 473. The molecule has 2 aliphatic carbocycles. The number of ketones is 1. The van der Waals surface area contributed by atoms with Crippen molar-refractivity contribution in [1.82, 2.24) is 0 Å². The van der Waals surface area contributed by atoms with Crippen molar-refractivity contribution in [2.24, 2.45) is 23.2 Å². The van der Waals surface area contributed by atoms with Crippen LogP contribution in [0.3, 0.4) is 0 Å². The van der Waals surface area contributed by atoms with Gasteiger partial charge in [0.25, 0.3) is 0 Å². The van der Waals surface area contributed by atoms with Crippen molar-refractivity contribution in [3.8, 4) is 0 Å². The molecule has 0 radical (unpaired) electrons. The summed E-state index contributed by atoms with van der Waals surface area (Å²) in [7, 11) is 0. The van der Waals surface area contributed by atoms with E-state index in [2.05, 4.69) is 34.6 Å². The molecule has 3 heteroatoms. The molecule has 0 unspecified atom stereocenters. The van der Waals surface area contributed by atoms with Crippen LogP contribution in [0.5, 0.6) is 0 Å². The normalized spacial score (nSPS) is 31.8. The molecule has 1 saturated carbocycles. The molecule has 0 spiro atoms. The Kier molecular flexibility index (Phi) is 5.14. The van der Waals surface area contributed by atoms with Crippen molar-refractivity contribution in [1.29, 1.82) is 0 Å². The monoisotopic (exact) mass is 306 g/mol. The fourth-order valence-corrected chi connectivity index (χ4v) is 3.74. The summed E-state index contributed by atoms with van der Waals surface area (Å²) in [5.74, 6) is 1.03. The van der Waals surface area contributed by atoms with Gasteiger partial charge in [0.15, 0.2) is 5.78 Å². The van der Waals surface area contributed by atoms with Crippen LogP contribution in [-0.4, -0.2) is 17.9 Å². The molecule has 0 aliphatic heterocycles. The van der Waals surface area contributed by atoms with Gasteiger partial charge in [0.05, 0.1) is 5.57 Å². The van der Waals surface area contributed by atoms with E-state index in [1.165, 1.54) is 6.42 Å². The Balaban J connectivity index is 2.12. The summed E-state index contributed by atoms with van der Waals surface area (Å²) in [6.45, 7) is 10.7. The predicted octanol–water partition coefficient (Wildman–Crippen LogP) is 4.31. The van der Waals surface area contributed by atoms with Crippen LogP contribution in [0.4, 0.5) is 0 Å². The Morgan fingerprint density at radius 2 is 2.00 bits per heavy atom. The average molecular weight is 306 g/mol. The summed E-state index contributed by atoms with van der Waals surface area (Å²) in [6, 6.07) is 0. The topological polar surface area (TPSA) is 43.4 Å². The largest absolute Gasteiger partial charge is 0.458 e. The maximum atomic E-state index is 12.5. The van der Waals surface area contributed by atoms with E-state index in [1.54, 1.807) is 0 Å². The van der Waals surface area contributed by atoms with Gasteiger partial charge >= 0.3 is 5.97 Å². The second kappa shape index (κ2) is 6.55. The lowest BCUT2D eigenvalue weighted by atomic mass is 9.75. The number of carbonyl (C=O) groups excluding carboxylic acids is 2. The summed E-state index contributed by atoms with van der Waals surface area (Å²) in [5.41, 5.74) is 0.177. The van der Waals surface area contributed by atoms with Crippen LogP contribution in [-0.2, 0) is 14.3 Å². The van der Waals surface area contributed by atoms with E-state index in [0.29, 0.717) is 24.2 Å². The molecule has 124 valence electrons. The van der Waals surface area contributed by atoms with Gasteiger partial charge in [-0.05, 0) is 42.4 Å². The van der Waals surface area contributed by atoms with E-state index < -0.39 is 5.97 Å². The van der Waals surface area contributed by atoms with E-state index in [-0.39, 0.29) is 22.9 Å². The maximum Gasteiger partial charge on any atom is 0.341 e. The van der Waals surface area contributed by atoms with Crippen molar-refractivity contribution < 1.29 is 14.3 Å². The van der Waals surface area contributed by atoms with Crippen LogP contribution >= 0.6 is 0 Å². The fraction of sp³-hybridized carbons (Fsp3) is 0.789. The molecular formula is C19H30O3. The van der Waals surface area contributed by atoms with Gasteiger partial charge in [-0.25, -0.2) is 4.79 Å². The minimum Gasteiger partial charge on any atom is -0.458 e. The summed E-state index contributed by atoms with van der Waals surface area (Å²) in [6.07, 6.45) is 6.24. The summed E-state index contributed by atoms with van der Waals surface area (Å²) in [4.78, 5) is 24.6. The van der Waals surface area contributed by atoms with E-state index in [4.69, 9.17) is 4.74 Å². The maximum absolute atomic E-state index is 12.5. The fourth-order valence-electron chi connectivity index (χ4n) is 3.74. The molecule has 0 heterocycles. The molecule has 3 nitrogen and oxygen atoms in total. The summed E-state index contributed by atoms with van der Waals surface area (Å²) in [5, 5.41) is 0. The molecule has 1 fully saturated rings. The third kappa shape index (κ3) is 3.99. The van der Waals surface area contributed by atoms with Gasteiger partial charge in [-0.15, -0.1) is 0 Å². The Labute approximate surface area is 134 Å². The zero-order chi connectivity index (χ0) is 16.5. The lowest BCUT2D eigenvalue weighted by Crippen LogP contribution is -2.37. The molecule has 0 bridgehead atoms. The molecule has 0 amide bonds. The lowest BCUT2D eigenvalue weighted by molar-refractivity contribution is -0.152. The first-order valence-electron chi connectivity index (χ1n) is 8.66. The van der Waals surface area contributed by atoms with Crippen LogP contribution in [0.1, 0.15) is 66.7 Å². The highest BCUT2D eigenvalue weighted by atomic mass is 16.5. The zero-order valence-electron chi connectivity index (χ0n) is 14.6. The van der Waals surface area contributed by atoms with Crippen molar-refractivity contribution in [2.45, 2.75) is 72.8 Å². The molecule has 0 N–H and O–H groups in total. The Morgan fingerprint density at radius 1 is 1.32 bits per heavy atom. The molecule has 2 rings (SSSR count). The van der Waals surface area contributed by atoms with E-state index in [0.717, 1.165) is 19.3 Å². The van der Waals surface area contributed by atoms with Crippen LogP contribution in [0.2, 0.25) is 0 Å². The molecular weight excluding hydrogens is 276 g/mol. The Hall–Kier alpha value is -1.12. The second-order valence-electron chi connectivity index (χ2n) is 8.24. The number of esters is 1. The van der Waals surface area contributed by atoms with Gasteiger partial charge in [0, 0.05) is 6.42 Å². The van der Waals surface area contributed by atoms with Crippen molar-refractivity contribution in [3.63, 3.8) is 0 Å². The third-order valence-corrected chi connectivity index (χ3v) is 5.27. The first kappa shape index (κ1) is 17.2. The average Bonchev–Trinajstić information content (AvgIpc) is 2.41.